The van der Waals surface area contributed by atoms with Crippen molar-refractivity contribution < 1.29 is 19.3 Å². The van der Waals surface area contributed by atoms with Gasteiger partial charge < -0.3 is 0 Å². The van der Waals surface area contributed by atoms with Crippen molar-refractivity contribution in [2.75, 3.05) is 9.96 Å². The Morgan fingerprint density at radius 3 is 2.00 bits per heavy atom. The summed E-state index contributed by atoms with van der Waals surface area (Å²) in [4.78, 5) is 46.9. The zero-order valence-electron chi connectivity index (χ0n) is 19.5. The van der Waals surface area contributed by atoms with Gasteiger partial charge in [-0.2, -0.15) is 0 Å². The van der Waals surface area contributed by atoms with Crippen molar-refractivity contribution in [2.45, 2.75) is 17.6 Å². The molecule has 37 heavy (non-hydrogen) atoms. The van der Waals surface area contributed by atoms with E-state index in [9.17, 15) is 19.7 Å². The van der Waals surface area contributed by atoms with Gasteiger partial charge in [0.05, 0.1) is 16.3 Å². The zero-order chi connectivity index (χ0) is 25.6. The molecule has 8 nitrogen and oxygen atoms in total. The number of nitro groups is 1. The number of fused-ring (bicyclic) bond motifs is 1. The highest BCUT2D eigenvalue weighted by Gasteiger charge is 2.72. The Hall–Kier alpha value is -4.82. The molecule has 3 atom stereocenters. The smallest absolute Gasteiger partial charge is 0.271 e. The summed E-state index contributed by atoms with van der Waals surface area (Å²) >= 11 is 0. The van der Waals surface area contributed by atoms with Crippen LogP contribution >= 0.6 is 0 Å². The molecule has 0 spiro atoms. The van der Waals surface area contributed by atoms with Crippen molar-refractivity contribution in [3.8, 4) is 0 Å². The first-order valence-corrected chi connectivity index (χ1v) is 11.8. The van der Waals surface area contributed by atoms with Crippen molar-refractivity contribution >= 4 is 28.9 Å². The molecular formula is C29H21N3O5. The maximum Gasteiger partial charge on any atom is 0.271 e. The lowest BCUT2D eigenvalue weighted by atomic mass is 9.69. The van der Waals surface area contributed by atoms with E-state index in [4.69, 9.17) is 4.84 Å². The van der Waals surface area contributed by atoms with Crippen LogP contribution in [-0.4, -0.2) is 22.8 Å². The lowest BCUT2D eigenvalue weighted by Gasteiger charge is -2.35. The summed E-state index contributed by atoms with van der Waals surface area (Å²) in [6.07, 6.45) is -1.19. The van der Waals surface area contributed by atoms with Gasteiger partial charge in [0.1, 0.15) is 11.5 Å². The largest absolute Gasteiger partial charge is 0.273 e. The van der Waals surface area contributed by atoms with E-state index in [1.165, 1.54) is 24.3 Å². The first-order valence-electron chi connectivity index (χ1n) is 11.8. The minimum Gasteiger partial charge on any atom is -0.273 e. The fraction of sp³-hybridized carbons (Fsp3) is 0.103. The number of benzene rings is 4. The lowest BCUT2D eigenvalue weighted by Crippen LogP contribution is -2.46. The van der Waals surface area contributed by atoms with Crippen molar-refractivity contribution in [3.05, 3.63) is 137 Å². The Labute approximate surface area is 212 Å². The minimum atomic E-state index is -1.44. The number of amides is 2. The highest BCUT2D eigenvalue weighted by Crippen LogP contribution is 2.57. The molecule has 0 aliphatic carbocycles. The standard InChI is InChI=1S/C29H21N3O5/c33-27-26-29(21-13-6-2-7-14-21,28(34)30(27)23-17-10-18-24(19-23)32(35)36)25(20-11-4-1-5-12-20)31(37-26)22-15-8-3-9-16-22/h1-19,25-26H/t25-,26-,29-/m0/s1. The maximum atomic E-state index is 14.6. The number of para-hydroxylation sites is 1. The third-order valence-electron chi connectivity index (χ3n) is 6.98. The predicted octanol–water partition coefficient (Wildman–Crippen LogP) is 4.97. The molecule has 2 saturated heterocycles. The van der Waals surface area contributed by atoms with E-state index in [1.54, 1.807) is 5.06 Å². The molecule has 0 saturated carbocycles. The molecule has 2 fully saturated rings. The predicted molar refractivity (Wildman–Crippen MR) is 137 cm³/mol. The van der Waals surface area contributed by atoms with Crippen molar-refractivity contribution in [2.24, 2.45) is 0 Å². The van der Waals surface area contributed by atoms with Crippen LogP contribution in [0.4, 0.5) is 17.1 Å². The molecule has 182 valence electrons. The molecule has 0 N–H and O–H groups in total. The number of carbonyl (C=O) groups excluding carboxylic acids is 2. The van der Waals surface area contributed by atoms with Crippen LogP contribution in [0.15, 0.2) is 115 Å². The van der Waals surface area contributed by atoms with E-state index in [2.05, 4.69) is 0 Å². The third kappa shape index (κ3) is 3.34. The number of anilines is 2. The first-order chi connectivity index (χ1) is 18.0. The Balaban J connectivity index is 1.60. The van der Waals surface area contributed by atoms with E-state index >= 15 is 0 Å². The van der Waals surface area contributed by atoms with Gasteiger partial charge in [0.25, 0.3) is 11.6 Å². The van der Waals surface area contributed by atoms with Gasteiger partial charge in [-0.15, -0.1) is 0 Å². The second-order valence-corrected chi connectivity index (χ2v) is 8.95. The number of non-ortho nitro benzene ring substituents is 1. The number of imide groups is 1. The second kappa shape index (κ2) is 8.69. The van der Waals surface area contributed by atoms with E-state index in [0.29, 0.717) is 11.3 Å². The van der Waals surface area contributed by atoms with Crippen LogP contribution in [-0.2, 0) is 19.8 Å². The molecule has 4 aromatic rings. The Morgan fingerprint density at radius 1 is 0.757 bits per heavy atom. The van der Waals surface area contributed by atoms with Crippen LogP contribution in [0.25, 0.3) is 0 Å². The number of carbonyl (C=O) groups is 2. The summed E-state index contributed by atoms with van der Waals surface area (Å²) in [5.74, 6) is -1.07. The van der Waals surface area contributed by atoms with Gasteiger partial charge in [0.15, 0.2) is 6.10 Å². The topological polar surface area (TPSA) is 93.0 Å². The first kappa shape index (κ1) is 22.6. The van der Waals surface area contributed by atoms with E-state index in [-0.39, 0.29) is 11.4 Å². The quantitative estimate of drug-likeness (QED) is 0.222. The summed E-state index contributed by atoms with van der Waals surface area (Å²) in [5.41, 5.74) is 0.591. The fourth-order valence-corrected chi connectivity index (χ4v) is 5.41. The highest BCUT2D eigenvalue weighted by atomic mass is 16.7. The maximum absolute atomic E-state index is 14.6. The molecule has 0 radical (unpaired) electrons. The fourth-order valence-electron chi connectivity index (χ4n) is 5.41. The van der Waals surface area contributed by atoms with Gasteiger partial charge in [-0.25, -0.2) is 9.96 Å². The molecule has 0 aromatic heterocycles. The average Bonchev–Trinajstić information content (AvgIpc) is 3.41. The van der Waals surface area contributed by atoms with Gasteiger partial charge in [-0.05, 0) is 29.3 Å². The molecule has 2 aliphatic heterocycles. The number of hydrogen-bond donors (Lipinski definition) is 0. The molecular weight excluding hydrogens is 470 g/mol. The van der Waals surface area contributed by atoms with Crippen LogP contribution in [0.1, 0.15) is 17.2 Å². The molecule has 2 aliphatic rings. The Bertz CT molecular complexity index is 1500. The molecule has 6 rings (SSSR count). The van der Waals surface area contributed by atoms with E-state index in [0.717, 1.165) is 10.5 Å². The molecule has 0 bridgehead atoms. The number of nitrogens with zero attached hydrogens (tertiary/aromatic N) is 3. The summed E-state index contributed by atoms with van der Waals surface area (Å²) in [6.45, 7) is 0. The average molecular weight is 492 g/mol. The van der Waals surface area contributed by atoms with Gasteiger partial charge in [0, 0.05) is 12.1 Å². The molecule has 0 unspecified atom stereocenters. The minimum absolute atomic E-state index is 0.135. The normalized spacial score (nSPS) is 22.8. The number of rotatable bonds is 5. The van der Waals surface area contributed by atoms with Crippen LogP contribution in [0.5, 0.6) is 0 Å². The highest BCUT2D eigenvalue weighted by molar-refractivity contribution is 6.28. The summed E-state index contributed by atoms with van der Waals surface area (Å²) in [6, 6.07) is 32.8. The Morgan fingerprint density at radius 2 is 1.35 bits per heavy atom. The molecule has 8 heteroatoms. The number of hydroxylamine groups is 1. The summed E-state index contributed by atoms with van der Waals surface area (Å²) < 4.78 is 0. The lowest BCUT2D eigenvalue weighted by molar-refractivity contribution is -0.384. The second-order valence-electron chi connectivity index (χ2n) is 8.95. The van der Waals surface area contributed by atoms with Crippen LogP contribution in [0.3, 0.4) is 0 Å². The molecule has 2 heterocycles. The Kier molecular flexibility index (Phi) is 5.31. The summed E-state index contributed by atoms with van der Waals surface area (Å²) in [7, 11) is 0. The van der Waals surface area contributed by atoms with E-state index < -0.39 is 34.3 Å². The van der Waals surface area contributed by atoms with Crippen LogP contribution < -0.4 is 9.96 Å². The SMILES string of the molecule is O=C1[C@@H]2ON(c3ccccc3)[C@@H](c3ccccc3)[C@]2(c2ccccc2)C(=O)N1c1cccc([N+](=O)[O-])c1. The van der Waals surface area contributed by atoms with Crippen molar-refractivity contribution in [1.29, 1.82) is 0 Å². The molecule has 4 aromatic carbocycles. The van der Waals surface area contributed by atoms with Crippen LogP contribution in [0, 0.1) is 10.1 Å². The van der Waals surface area contributed by atoms with Crippen molar-refractivity contribution in [1.82, 2.24) is 0 Å². The van der Waals surface area contributed by atoms with Gasteiger partial charge in [-0.1, -0.05) is 84.9 Å². The number of nitro benzene ring substituents is 1. The third-order valence-corrected chi connectivity index (χ3v) is 6.98. The van der Waals surface area contributed by atoms with Gasteiger partial charge >= 0.3 is 0 Å². The molecule has 2 amide bonds. The zero-order valence-corrected chi connectivity index (χ0v) is 19.5. The van der Waals surface area contributed by atoms with Crippen molar-refractivity contribution in [3.63, 3.8) is 0 Å². The van der Waals surface area contributed by atoms with Gasteiger partial charge in [0.2, 0.25) is 5.91 Å². The monoisotopic (exact) mass is 491 g/mol. The summed E-state index contributed by atoms with van der Waals surface area (Å²) in [5, 5.41) is 13.1. The van der Waals surface area contributed by atoms with Gasteiger partial charge in [-0.3, -0.25) is 24.5 Å². The van der Waals surface area contributed by atoms with Crippen LogP contribution in [0.2, 0.25) is 0 Å². The number of hydrogen-bond acceptors (Lipinski definition) is 6. The van der Waals surface area contributed by atoms with E-state index in [1.807, 2.05) is 91.0 Å².